The number of carboxylic acids is 1. The molecule has 3 N–H and O–H groups in total. The highest BCUT2D eigenvalue weighted by atomic mass is 16.4. The summed E-state index contributed by atoms with van der Waals surface area (Å²) in [6.07, 6.45) is 1.03. The first kappa shape index (κ1) is 14.6. The van der Waals surface area contributed by atoms with E-state index in [0.717, 1.165) is 0 Å². The first-order valence-corrected chi connectivity index (χ1v) is 6.76. The van der Waals surface area contributed by atoms with E-state index >= 15 is 0 Å². The summed E-state index contributed by atoms with van der Waals surface area (Å²) in [6.45, 7) is 2.88. The molecule has 5 heteroatoms. The number of nitrogens with one attached hydrogen (secondary N) is 1. The van der Waals surface area contributed by atoms with Gasteiger partial charge in [-0.05, 0) is 25.5 Å². The maximum atomic E-state index is 11.4. The number of aliphatic hydroxyl groups is 1. The van der Waals surface area contributed by atoms with Gasteiger partial charge in [-0.3, -0.25) is 0 Å². The third-order valence-corrected chi connectivity index (χ3v) is 3.29. The van der Waals surface area contributed by atoms with Gasteiger partial charge in [0.2, 0.25) is 0 Å². The Balaban J connectivity index is 2.09. The van der Waals surface area contributed by atoms with Crippen LogP contribution in [0.2, 0.25) is 0 Å². The fourth-order valence-electron chi connectivity index (χ4n) is 2.13. The molecule has 20 heavy (non-hydrogen) atoms. The molecule has 1 heterocycles. The van der Waals surface area contributed by atoms with Gasteiger partial charge in [-0.15, -0.1) is 0 Å². The molecule has 2 rings (SSSR count). The van der Waals surface area contributed by atoms with E-state index in [4.69, 9.17) is 4.42 Å². The number of benzene rings is 1. The monoisotopic (exact) mass is 277 g/mol. The number of aliphatic hydroxyl groups excluding tert-OH is 1. The maximum absolute atomic E-state index is 11.4. The minimum atomic E-state index is -0.986. The minimum Gasteiger partial charge on any atom is -0.478 e. The number of carboxylic acid groups (broad SMARTS) is 1. The van der Waals surface area contributed by atoms with Crippen LogP contribution in [0.3, 0.4) is 0 Å². The van der Waals surface area contributed by atoms with Gasteiger partial charge >= 0.3 is 5.97 Å². The molecule has 0 aliphatic heterocycles. The van der Waals surface area contributed by atoms with Crippen molar-refractivity contribution in [2.24, 2.45) is 0 Å². The molecule has 0 saturated carbocycles. The number of rotatable bonds is 7. The SMILES string of the molecule is CCC(O)CCNCc1oc2ccccc2c1C(=O)O. The highest BCUT2D eigenvalue weighted by molar-refractivity contribution is 6.03. The summed E-state index contributed by atoms with van der Waals surface area (Å²) in [5, 5.41) is 22.5. The Morgan fingerprint density at radius 2 is 2.15 bits per heavy atom. The molecule has 1 atom stereocenters. The second-order valence-electron chi connectivity index (χ2n) is 4.73. The summed E-state index contributed by atoms with van der Waals surface area (Å²) in [5.74, 6) is -0.565. The fraction of sp³-hybridized carbons (Fsp3) is 0.400. The van der Waals surface area contributed by atoms with E-state index in [9.17, 15) is 15.0 Å². The number of aromatic carboxylic acids is 1. The van der Waals surface area contributed by atoms with Crippen molar-refractivity contribution in [1.82, 2.24) is 5.32 Å². The molecule has 0 amide bonds. The van der Waals surface area contributed by atoms with Crippen LogP contribution in [-0.4, -0.2) is 28.8 Å². The molecule has 108 valence electrons. The van der Waals surface area contributed by atoms with E-state index in [-0.39, 0.29) is 11.7 Å². The number of fused-ring (bicyclic) bond motifs is 1. The first-order valence-electron chi connectivity index (χ1n) is 6.76. The van der Waals surface area contributed by atoms with Gasteiger partial charge in [0, 0.05) is 5.39 Å². The average Bonchev–Trinajstić information content (AvgIpc) is 2.81. The summed E-state index contributed by atoms with van der Waals surface area (Å²) in [7, 11) is 0. The van der Waals surface area contributed by atoms with Gasteiger partial charge in [-0.1, -0.05) is 25.1 Å². The number of para-hydroxylation sites is 1. The average molecular weight is 277 g/mol. The normalized spacial score (nSPS) is 12.7. The number of furan rings is 1. The van der Waals surface area contributed by atoms with Crippen LogP contribution in [0, 0.1) is 0 Å². The summed E-state index contributed by atoms with van der Waals surface area (Å²) in [5.41, 5.74) is 0.791. The van der Waals surface area contributed by atoms with Crippen molar-refractivity contribution in [2.75, 3.05) is 6.54 Å². The van der Waals surface area contributed by atoms with Gasteiger partial charge in [0.15, 0.2) is 0 Å². The summed E-state index contributed by atoms with van der Waals surface area (Å²) in [6, 6.07) is 7.10. The summed E-state index contributed by atoms with van der Waals surface area (Å²) < 4.78 is 5.59. The zero-order valence-corrected chi connectivity index (χ0v) is 11.4. The van der Waals surface area contributed by atoms with Crippen LogP contribution >= 0.6 is 0 Å². The Labute approximate surface area is 117 Å². The van der Waals surface area contributed by atoms with Crippen LogP contribution in [0.25, 0.3) is 11.0 Å². The topological polar surface area (TPSA) is 82.7 Å². The maximum Gasteiger partial charge on any atom is 0.339 e. The van der Waals surface area contributed by atoms with Crippen molar-refractivity contribution < 1.29 is 19.4 Å². The molecule has 0 saturated heterocycles. The molecular formula is C15H19NO4. The highest BCUT2D eigenvalue weighted by Crippen LogP contribution is 2.25. The van der Waals surface area contributed by atoms with Gasteiger partial charge < -0.3 is 19.9 Å². The molecule has 0 fully saturated rings. The van der Waals surface area contributed by atoms with E-state index in [1.807, 2.05) is 13.0 Å². The van der Waals surface area contributed by atoms with Crippen LogP contribution in [0.1, 0.15) is 35.9 Å². The number of hydrogen-bond donors (Lipinski definition) is 3. The second kappa shape index (κ2) is 6.54. The van der Waals surface area contributed by atoms with E-state index in [1.165, 1.54) is 0 Å². The van der Waals surface area contributed by atoms with E-state index in [0.29, 0.717) is 42.7 Å². The van der Waals surface area contributed by atoms with Crippen molar-refractivity contribution in [2.45, 2.75) is 32.4 Å². The van der Waals surface area contributed by atoms with E-state index in [1.54, 1.807) is 18.2 Å². The Kier molecular flexibility index (Phi) is 4.76. The lowest BCUT2D eigenvalue weighted by molar-refractivity contribution is 0.0696. The minimum absolute atomic E-state index is 0.212. The van der Waals surface area contributed by atoms with Crippen LogP contribution in [-0.2, 0) is 6.54 Å². The standard InChI is InChI=1S/C15H19NO4/c1-2-10(17)7-8-16-9-13-14(15(18)19)11-5-3-4-6-12(11)20-13/h3-6,10,16-17H,2,7-9H2,1H3,(H,18,19). The molecule has 0 radical (unpaired) electrons. The Bertz CT molecular complexity index is 591. The van der Waals surface area contributed by atoms with Crippen molar-refractivity contribution in [3.8, 4) is 0 Å². The smallest absolute Gasteiger partial charge is 0.339 e. The second-order valence-corrected chi connectivity index (χ2v) is 4.73. The van der Waals surface area contributed by atoms with Crippen LogP contribution in [0.15, 0.2) is 28.7 Å². The van der Waals surface area contributed by atoms with E-state index < -0.39 is 5.97 Å². The van der Waals surface area contributed by atoms with Gasteiger partial charge in [0.05, 0.1) is 12.6 Å². The number of hydrogen-bond acceptors (Lipinski definition) is 4. The highest BCUT2D eigenvalue weighted by Gasteiger charge is 2.19. The number of carbonyl (C=O) groups is 1. The molecule has 0 bridgehead atoms. The third kappa shape index (κ3) is 3.18. The van der Waals surface area contributed by atoms with Gasteiger partial charge in [0.1, 0.15) is 16.9 Å². The van der Waals surface area contributed by atoms with Crippen LogP contribution < -0.4 is 5.32 Å². The van der Waals surface area contributed by atoms with Gasteiger partial charge in [-0.2, -0.15) is 0 Å². The lowest BCUT2D eigenvalue weighted by atomic mass is 10.1. The van der Waals surface area contributed by atoms with Gasteiger partial charge in [-0.25, -0.2) is 4.79 Å². The van der Waals surface area contributed by atoms with Crippen molar-refractivity contribution in [3.05, 3.63) is 35.6 Å². The lowest BCUT2D eigenvalue weighted by Crippen LogP contribution is -2.20. The molecule has 0 aliphatic rings. The van der Waals surface area contributed by atoms with Crippen molar-refractivity contribution in [1.29, 1.82) is 0 Å². The summed E-state index contributed by atoms with van der Waals surface area (Å²) >= 11 is 0. The predicted molar refractivity (Wildman–Crippen MR) is 75.8 cm³/mol. The van der Waals surface area contributed by atoms with Crippen LogP contribution in [0.5, 0.6) is 0 Å². The van der Waals surface area contributed by atoms with Crippen molar-refractivity contribution in [3.63, 3.8) is 0 Å². The Hall–Kier alpha value is -1.85. The quantitative estimate of drug-likeness (QED) is 0.677. The Morgan fingerprint density at radius 3 is 2.85 bits per heavy atom. The fourth-order valence-corrected chi connectivity index (χ4v) is 2.13. The van der Waals surface area contributed by atoms with Crippen molar-refractivity contribution >= 4 is 16.9 Å². The Morgan fingerprint density at radius 1 is 1.40 bits per heavy atom. The first-order chi connectivity index (χ1) is 9.63. The largest absolute Gasteiger partial charge is 0.478 e. The molecule has 2 aromatic rings. The molecular weight excluding hydrogens is 258 g/mol. The third-order valence-electron chi connectivity index (χ3n) is 3.29. The van der Waals surface area contributed by atoms with E-state index in [2.05, 4.69) is 5.32 Å². The summed E-state index contributed by atoms with van der Waals surface area (Å²) in [4.78, 5) is 11.4. The molecule has 1 aromatic carbocycles. The lowest BCUT2D eigenvalue weighted by Gasteiger charge is -2.07. The predicted octanol–water partition coefficient (Wildman–Crippen LogP) is 2.38. The molecule has 1 unspecified atom stereocenters. The zero-order chi connectivity index (χ0) is 14.5. The molecule has 1 aromatic heterocycles. The zero-order valence-electron chi connectivity index (χ0n) is 11.4. The molecule has 0 spiro atoms. The molecule has 0 aliphatic carbocycles. The van der Waals surface area contributed by atoms with Gasteiger partial charge in [0.25, 0.3) is 0 Å². The van der Waals surface area contributed by atoms with Crippen LogP contribution in [0.4, 0.5) is 0 Å². The molecule has 5 nitrogen and oxygen atoms in total.